The van der Waals surface area contributed by atoms with Crippen molar-refractivity contribution >= 4 is 25.8 Å². The van der Waals surface area contributed by atoms with Crippen LogP contribution in [-0.2, 0) is 9.53 Å². The van der Waals surface area contributed by atoms with Gasteiger partial charge in [0.25, 0.3) is 0 Å². The molecule has 3 amide bonds. The molecule has 0 saturated heterocycles. The van der Waals surface area contributed by atoms with Crippen LogP contribution in [0.2, 0.25) is 24.7 Å². The third kappa shape index (κ3) is 4.58. The molecule has 1 fully saturated rings. The van der Waals surface area contributed by atoms with E-state index in [0.717, 1.165) is 36.0 Å². The number of amidine groups is 1. The minimum Gasteiger partial charge on any atom is -0.379 e. The van der Waals surface area contributed by atoms with Gasteiger partial charge in [0.15, 0.2) is 0 Å². The number of benzene rings is 1. The van der Waals surface area contributed by atoms with Gasteiger partial charge in [-0.3, -0.25) is 9.79 Å². The van der Waals surface area contributed by atoms with Gasteiger partial charge in [-0.05, 0) is 44.7 Å². The lowest BCUT2D eigenvalue weighted by Crippen LogP contribution is -2.55. The molecule has 1 aromatic rings. The first kappa shape index (κ1) is 25.6. The first-order valence-corrected chi connectivity index (χ1v) is 16.3. The highest BCUT2D eigenvalue weighted by atomic mass is 28.3. The molecule has 2 heterocycles. The zero-order valence-electron chi connectivity index (χ0n) is 22.0. The summed E-state index contributed by atoms with van der Waals surface area (Å²) < 4.78 is 5.67. The second-order valence-corrected chi connectivity index (χ2v) is 16.9. The van der Waals surface area contributed by atoms with Crippen molar-refractivity contribution in [2.24, 2.45) is 4.99 Å². The van der Waals surface area contributed by atoms with E-state index >= 15 is 0 Å². The maximum absolute atomic E-state index is 13.5. The molecule has 2 aliphatic heterocycles. The van der Waals surface area contributed by atoms with Crippen LogP contribution in [0.4, 0.5) is 4.79 Å². The Kier molecular flexibility index (Phi) is 6.99. The maximum Gasteiger partial charge on any atom is 0.318 e. The Hall–Kier alpha value is -2.45. The molecule has 4 rings (SSSR count). The fraction of sp³-hybridized carbons (Fsp3) is 0.593. The summed E-state index contributed by atoms with van der Waals surface area (Å²) >= 11 is 0. The van der Waals surface area contributed by atoms with Crippen molar-refractivity contribution in [3.63, 3.8) is 0 Å². The van der Waals surface area contributed by atoms with Crippen molar-refractivity contribution in [2.45, 2.75) is 76.3 Å². The van der Waals surface area contributed by atoms with Gasteiger partial charge in [-0.2, -0.15) is 0 Å². The molecule has 0 bridgehead atoms. The molecule has 35 heavy (non-hydrogen) atoms. The van der Waals surface area contributed by atoms with Gasteiger partial charge in [-0.25, -0.2) is 4.79 Å². The molecule has 0 spiro atoms. The standard InChI is InChI=1S/C27H40N4O3Si/c1-7-34-18-22(19-12-9-8-10-13-19)29-25(33)31-17-20-21(26(31,2)3)16-28-23(20)30-24(32)27(14-11-15-27)35(4,5)6/h8-10,12-13,22H,7,11,14-18H2,1-6H3,(H,29,33)(H,28,30,32)/t22-/m1/s1. The van der Waals surface area contributed by atoms with Gasteiger partial charge in [0, 0.05) is 17.2 Å². The second kappa shape index (κ2) is 9.54. The van der Waals surface area contributed by atoms with Crippen molar-refractivity contribution in [1.82, 2.24) is 15.5 Å². The Balaban J connectivity index is 1.48. The van der Waals surface area contributed by atoms with Crippen LogP contribution in [0, 0.1) is 0 Å². The zero-order chi connectivity index (χ0) is 25.4. The minimum atomic E-state index is -1.68. The van der Waals surface area contributed by atoms with Crippen LogP contribution >= 0.6 is 0 Å². The predicted molar refractivity (Wildman–Crippen MR) is 142 cm³/mol. The number of hydrogen-bond acceptors (Lipinski definition) is 4. The smallest absolute Gasteiger partial charge is 0.318 e. The number of nitrogens with one attached hydrogen (secondary N) is 2. The van der Waals surface area contributed by atoms with E-state index in [1.54, 1.807) is 0 Å². The van der Waals surface area contributed by atoms with Gasteiger partial charge < -0.3 is 20.3 Å². The normalized spacial score (nSPS) is 21.2. The van der Waals surface area contributed by atoms with E-state index in [-0.39, 0.29) is 23.0 Å². The van der Waals surface area contributed by atoms with E-state index in [1.165, 1.54) is 0 Å². The van der Waals surface area contributed by atoms with Gasteiger partial charge in [-0.15, -0.1) is 0 Å². The van der Waals surface area contributed by atoms with E-state index in [1.807, 2.05) is 42.2 Å². The van der Waals surface area contributed by atoms with Crippen LogP contribution in [0.5, 0.6) is 0 Å². The Morgan fingerprint density at radius 3 is 2.43 bits per heavy atom. The highest BCUT2D eigenvalue weighted by Gasteiger charge is 2.54. The minimum absolute atomic E-state index is 0.122. The number of amides is 3. The van der Waals surface area contributed by atoms with Crippen molar-refractivity contribution in [3.05, 3.63) is 47.0 Å². The summed E-state index contributed by atoms with van der Waals surface area (Å²) in [7, 11) is -1.68. The van der Waals surface area contributed by atoms with E-state index in [2.05, 4.69) is 44.1 Å². The van der Waals surface area contributed by atoms with Crippen LogP contribution in [0.1, 0.15) is 51.6 Å². The average molecular weight is 497 g/mol. The number of carbonyl (C=O) groups is 2. The number of rotatable bonds is 7. The Morgan fingerprint density at radius 1 is 1.17 bits per heavy atom. The third-order valence-electron chi connectivity index (χ3n) is 8.32. The van der Waals surface area contributed by atoms with Crippen molar-refractivity contribution in [2.75, 3.05) is 26.3 Å². The number of aliphatic imine (C=N–C) groups is 1. The van der Waals surface area contributed by atoms with E-state index < -0.39 is 13.6 Å². The zero-order valence-corrected chi connectivity index (χ0v) is 23.0. The molecule has 7 nitrogen and oxygen atoms in total. The van der Waals surface area contributed by atoms with Gasteiger partial charge in [0.2, 0.25) is 5.91 Å². The van der Waals surface area contributed by atoms with Gasteiger partial charge in [-0.1, -0.05) is 56.4 Å². The first-order valence-electron chi connectivity index (χ1n) is 12.8. The topological polar surface area (TPSA) is 83.0 Å². The Morgan fingerprint density at radius 2 is 1.86 bits per heavy atom. The van der Waals surface area contributed by atoms with Crippen LogP contribution in [-0.4, -0.2) is 62.6 Å². The summed E-state index contributed by atoms with van der Waals surface area (Å²) in [5.41, 5.74) is 2.62. The highest BCUT2D eigenvalue weighted by Crippen LogP contribution is 2.55. The lowest BCUT2D eigenvalue weighted by molar-refractivity contribution is -0.125. The van der Waals surface area contributed by atoms with E-state index in [4.69, 9.17) is 9.73 Å². The summed E-state index contributed by atoms with van der Waals surface area (Å²) in [5, 5.41) is 6.17. The molecular formula is C27H40N4O3Si. The van der Waals surface area contributed by atoms with Crippen molar-refractivity contribution in [1.29, 1.82) is 0 Å². The van der Waals surface area contributed by atoms with E-state index in [9.17, 15) is 9.59 Å². The molecule has 1 saturated carbocycles. The van der Waals surface area contributed by atoms with Crippen molar-refractivity contribution < 1.29 is 14.3 Å². The van der Waals surface area contributed by atoms with Gasteiger partial charge in [0.1, 0.15) is 5.84 Å². The number of hydrogen-bond donors (Lipinski definition) is 2. The lowest BCUT2D eigenvalue weighted by atomic mass is 9.83. The van der Waals surface area contributed by atoms with Crippen LogP contribution in [0.25, 0.3) is 0 Å². The molecule has 0 aromatic heterocycles. The monoisotopic (exact) mass is 496 g/mol. The summed E-state index contributed by atoms with van der Waals surface area (Å²) in [6.07, 6.45) is 3.05. The summed E-state index contributed by atoms with van der Waals surface area (Å²) in [4.78, 5) is 33.5. The molecular weight excluding hydrogens is 456 g/mol. The summed E-state index contributed by atoms with van der Waals surface area (Å²) in [5.74, 6) is 0.781. The molecule has 1 atom stereocenters. The molecule has 1 aromatic carbocycles. The van der Waals surface area contributed by atoms with Crippen molar-refractivity contribution in [3.8, 4) is 0 Å². The first-order chi connectivity index (χ1) is 16.5. The largest absolute Gasteiger partial charge is 0.379 e. The van der Waals surface area contributed by atoms with Crippen LogP contribution in [0.3, 0.4) is 0 Å². The Labute approximate surface area is 210 Å². The van der Waals surface area contributed by atoms with Crippen LogP contribution in [0.15, 0.2) is 46.5 Å². The number of ether oxygens (including phenoxy) is 1. The molecule has 2 N–H and O–H groups in total. The van der Waals surface area contributed by atoms with E-state index in [0.29, 0.717) is 32.1 Å². The molecule has 0 radical (unpaired) electrons. The number of carbonyl (C=O) groups excluding carboxylic acids is 2. The molecule has 1 aliphatic carbocycles. The third-order valence-corrected chi connectivity index (χ3v) is 11.9. The molecule has 3 aliphatic rings. The molecule has 8 heteroatoms. The maximum atomic E-state index is 13.5. The quantitative estimate of drug-likeness (QED) is 0.539. The number of nitrogens with zero attached hydrogens (tertiary/aromatic N) is 2. The molecule has 190 valence electrons. The fourth-order valence-corrected chi connectivity index (χ4v) is 8.23. The lowest BCUT2D eigenvalue weighted by Gasteiger charge is -2.49. The molecule has 0 unspecified atom stereocenters. The fourth-order valence-electron chi connectivity index (χ4n) is 5.63. The SMILES string of the molecule is CCOC[C@@H](NC(=O)N1CC2=C(CN=C2NC(=O)C2([Si](C)(C)C)CCC2)C1(C)C)c1ccccc1. The predicted octanol–water partition coefficient (Wildman–Crippen LogP) is 4.66. The number of urea groups is 1. The Bertz CT molecular complexity index is 1040. The summed E-state index contributed by atoms with van der Waals surface area (Å²) in [6.45, 7) is 14.9. The van der Waals surface area contributed by atoms with Gasteiger partial charge in [0.05, 0.1) is 39.4 Å². The van der Waals surface area contributed by atoms with Crippen LogP contribution < -0.4 is 10.6 Å². The second-order valence-electron chi connectivity index (χ2n) is 11.5. The van der Waals surface area contributed by atoms with Gasteiger partial charge >= 0.3 is 6.03 Å². The average Bonchev–Trinajstić information content (AvgIpc) is 3.27. The summed E-state index contributed by atoms with van der Waals surface area (Å²) in [6, 6.07) is 9.54. The highest BCUT2D eigenvalue weighted by molar-refractivity contribution is 6.82.